The number of fused-ring (bicyclic) bond motifs is 1. The molecular weight excluding hydrogens is 303 g/mol. The van der Waals surface area contributed by atoms with Gasteiger partial charge in [-0.15, -0.1) is 0 Å². The van der Waals surface area contributed by atoms with Crippen LogP contribution in [0.15, 0.2) is 48.5 Å². The van der Waals surface area contributed by atoms with E-state index in [9.17, 15) is 9.18 Å². The number of carbonyl (C=O) groups is 1. The van der Waals surface area contributed by atoms with E-state index in [2.05, 4.69) is 5.32 Å². The smallest absolute Gasteiger partial charge is 0.268 e. The molecule has 1 aromatic heterocycles. The van der Waals surface area contributed by atoms with Crippen LogP contribution in [0.25, 0.3) is 10.9 Å². The fourth-order valence-electron chi connectivity index (χ4n) is 2.40. The lowest BCUT2D eigenvalue weighted by Gasteiger charge is -2.07. The van der Waals surface area contributed by atoms with Crippen LogP contribution in [-0.4, -0.2) is 10.5 Å². The molecule has 1 N–H and O–H groups in total. The first-order valence-electron chi connectivity index (χ1n) is 6.82. The number of halogens is 2. The third kappa shape index (κ3) is 2.83. The van der Waals surface area contributed by atoms with Gasteiger partial charge in [-0.2, -0.15) is 0 Å². The van der Waals surface area contributed by atoms with Crippen molar-refractivity contribution in [3.05, 3.63) is 70.6 Å². The highest BCUT2D eigenvalue weighted by Gasteiger charge is 2.13. The van der Waals surface area contributed by atoms with Crippen LogP contribution in [0.2, 0.25) is 5.02 Å². The third-order valence-corrected chi connectivity index (χ3v) is 3.84. The van der Waals surface area contributed by atoms with Crippen molar-refractivity contribution in [2.45, 2.75) is 6.54 Å². The van der Waals surface area contributed by atoms with Crippen molar-refractivity contribution >= 4 is 28.4 Å². The van der Waals surface area contributed by atoms with Crippen LogP contribution in [-0.2, 0) is 13.6 Å². The summed E-state index contributed by atoms with van der Waals surface area (Å²) in [5.74, 6) is -0.472. The Morgan fingerprint density at radius 1 is 1.18 bits per heavy atom. The topological polar surface area (TPSA) is 34.0 Å². The maximum absolute atomic E-state index is 12.9. The Labute approximate surface area is 132 Å². The number of benzene rings is 2. The molecule has 0 atom stereocenters. The first-order valence-corrected chi connectivity index (χ1v) is 7.20. The molecule has 0 unspecified atom stereocenters. The second kappa shape index (κ2) is 5.81. The average molecular weight is 317 g/mol. The van der Waals surface area contributed by atoms with Gasteiger partial charge < -0.3 is 9.88 Å². The molecule has 3 aromatic rings. The van der Waals surface area contributed by atoms with Gasteiger partial charge in [0.25, 0.3) is 5.91 Å². The molecule has 0 saturated heterocycles. The van der Waals surface area contributed by atoms with Crippen LogP contribution in [0.4, 0.5) is 4.39 Å². The average Bonchev–Trinajstić information content (AvgIpc) is 2.83. The molecule has 0 fully saturated rings. The minimum absolute atomic E-state index is 0.181. The predicted molar refractivity (Wildman–Crippen MR) is 85.5 cm³/mol. The summed E-state index contributed by atoms with van der Waals surface area (Å²) in [7, 11) is 1.82. The molecule has 0 aliphatic heterocycles. The van der Waals surface area contributed by atoms with E-state index in [1.807, 2.05) is 25.2 Å². The molecule has 2 aromatic carbocycles. The monoisotopic (exact) mass is 316 g/mol. The number of aryl methyl sites for hydroxylation is 1. The number of rotatable bonds is 3. The molecule has 3 rings (SSSR count). The predicted octanol–water partition coefficient (Wildman–Crippen LogP) is 3.90. The third-order valence-electron chi connectivity index (χ3n) is 3.61. The van der Waals surface area contributed by atoms with Gasteiger partial charge in [0.05, 0.1) is 0 Å². The summed E-state index contributed by atoms with van der Waals surface area (Å²) >= 11 is 5.99. The summed E-state index contributed by atoms with van der Waals surface area (Å²) in [6, 6.07) is 13.4. The molecule has 0 saturated carbocycles. The van der Waals surface area contributed by atoms with Crippen molar-refractivity contribution in [1.29, 1.82) is 0 Å². The SMILES string of the molecule is Cn1c(C(=O)NCc2ccc(F)cc2)cc2ccc(Cl)cc21. The van der Waals surface area contributed by atoms with Crippen LogP contribution < -0.4 is 5.32 Å². The number of nitrogens with zero attached hydrogens (tertiary/aromatic N) is 1. The maximum Gasteiger partial charge on any atom is 0.268 e. The zero-order valence-electron chi connectivity index (χ0n) is 11.9. The van der Waals surface area contributed by atoms with Gasteiger partial charge in [0, 0.05) is 29.5 Å². The fourth-order valence-corrected chi connectivity index (χ4v) is 2.56. The van der Waals surface area contributed by atoms with E-state index >= 15 is 0 Å². The number of carbonyl (C=O) groups excluding carboxylic acids is 1. The summed E-state index contributed by atoms with van der Waals surface area (Å²) in [5, 5.41) is 4.42. The molecular formula is C17H14ClFN2O. The van der Waals surface area contributed by atoms with Crippen molar-refractivity contribution in [1.82, 2.24) is 9.88 Å². The lowest BCUT2D eigenvalue weighted by molar-refractivity contribution is 0.0943. The van der Waals surface area contributed by atoms with Crippen molar-refractivity contribution in [3.8, 4) is 0 Å². The van der Waals surface area contributed by atoms with Crippen LogP contribution in [0.3, 0.4) is 0 Å². The Balaban J connectivity index is 1.80. The molecule has 0 radical (unpaired) electrons. The van der Waals surface area contributed by atoms with Crippen LogP contribution in [0, 0.1) is 5.82 Å². The summed E-state index contributed by atoms with van der Waals surface area (Å²) in [6.45, 7) is 0.349. The van der Waals surface area contributed by atoms with Crippen LogP contribution in [0.5, 0.6) is 0 Å². The molecule has 3 nitrogen and oxygen atoms in total. The summed E-state index contributed by atoms with van der Waals surface area (Å²) in [5.41, 5.74) is 2.30. The van der Waals surface area contributed by atoms with Crippen molar-refractivity contribution < 1.29 is 9.18 Å². The number of aromatic nitrogens is 1. The Kier molecular flexibility index (Phi) is 3.86. The summed E-state index contributed by atoms with van der Waals surface area (Å²) in [4.78, 5) is 12.3. The number of hydrogen-bond acceptors (Lipinski definition) is 1. The normalized spacial score (nSPS) is 10.9. The Bertz CT molecular complexity index is 840. The quantitative estimate of drug-likeness (QED) is 0.781. The Morgan fingerprint density at radius 2 is 1.91 bits per heavy atom. The minimum Gasteiger partial charge on any atom is -0.347 e. The number of amides is 1. The highest BCUT2D eigenvalue weighted by atomic mass is 35.5. The van der Waals surface area contributed by atoms with E-state index in [0.717, 1.165) is 16.5 Å². The largest absolute Gasteiger partial charge is 0.347 e. The minimum atomic E-state index is -0.291. The summed E-state index contributed by atoms with van der Waals surface area (Å²) in [6.07, 6.45) is 0. The van der Waals surface area contributed by atoms with E-state index in [1.54, 1.807) is 22.8 Å². The zero-order chi connectivity index (χ0) is 15.7. The van der Waals surface area contributed by atoms with Crippen molar-refractivity contribution in [2.24, 2.45) is 7.05 Å². The molecule has 1 amide bonds. The van der Waals surface area contributed by atoms with E-state index in [0.29, 0.717) is 17.3 Å². The highest BCUT2D eigenvalue weighted by molar-refractivity contribution is 6.31. The molecule has 5 heteroatoms. The molecule has 0 bridgehead atoms. The zero-order valence-corrected chi connectivity index (χ0v) is 12.7. The van der Waals surface area contributed by atoms with Crippen LogP contribution in [0.1, 0.15) is 16.1 Å². The second-order valence-electron chi connectivity index (χ2n) is 5.10. The molecule has 0 aliphatic carbocycles. The first-order chi connectivity index (χ1) is 10.5. The van der Waals surface area contributed by atoms with E-state index < -0.39 is 0 Å². The van der Waals surface area contributed by atoms with Gasteiger partial charge in [0.2, 0.25) is 0 Å². The standard InChI is InChI=1S/C17H14ClFN2O/c1-21-15-9-13(18)5-4-12(15)8-16(21)17(22)20-10-11-2-6-14(19)7-3-11/h2-9H,10H2,1H3,(H,20,22). The molecule has 22 heavy (non-hydrogen) atoms. The van der Waals surface area contributed by atoms with Crippen molar-refractivity contribution in [3.63, 3.8) is 0 Å². The van der Waals surface area contributed by atoms with E-state index in [-0.39, 0.29) is 11.7 Å². The maximum atomic E-state index is 12.9. The number of nitrogens with one attached hydrogen (secondary N) is 1. The lowest BCUT2D eigenvalue weighted by atomic mass is 10.2. The van der Waals surface area contributed by atoms with E-state index in [4.69, 9.17) is 11.6 Å². The summed E-state index contributed by atoms with van der Waals surface area (Å²) < 4.78 is 14.7. The van der Waals surface area contributed by atoms with Crippen molar-refractivity contribution in [2.75, 3.05) is 0 Å². The highest BCUT2D eigenvalue weighted by Crippen LogP contribution is 2.22. The number of hydrogen-bond donors (Lipinski definition) is 1. The van der Waals surface area contributed by atoms with E-state index in [1.165, 1.54) is 12.1 Å². The van der Waals surface area contributed by atoms with Gasteiger partial charge in [0.15, 0.2) is 0 Å². The van der Waals surface area contributed by atoms with Gasteiger partial charge in [0.1, 0.15) is 11.5 Å². The van der Waals surface area contributed by atoms with Gasteiger partial charge in [-0.3, -0.25) is 4.79 Å². The second-order valence-corrected chi connectivity index (χ2v) is 5.54. The molecule has 1 heterocycles. The van der Waals surface area contributed by atoms with Crippen LogP contribution >= 0.6 is 11.6 Å². The molecule has 112 valence electrons. The molecule has 0 spiro atoms. The first kappa shape index (κ1) is 14.6. The Hall–Kier alpha value is -2.33. The fraction of sp³-hybridized carbons (Fsp3) is 0.118. The Morgan fingerprint density at radius 3 is 2.64 bits per heavy atom. The molecule has 0 aliphatic rings. The van der Waals surface area contributed by atoms with Gasteiger partial charge in [-0.05, 0) is 35.9 Å². The van der Waals surface area contributed by atoms with Gasteiger partial charge in [-0.1, -0.05) is 29.8 Å². The van der Waals surface area contributed by atoms with Gasteiger partial charge in [-0.25, -0.2) is 4.39 Å². The van der Waals surface area contributed by atoms with Gasteiger partial charge >= 0.3 is 0 Å². The lowest BCUT2D eigenvalue weighted by Crippen LogP contribution is -2.24.